The van der Waals surface area contributed by atoms with Crippen LogP contribution >= 0.6 is 11.6 Å². The monoisotopic (exact) mass is 380 g/mol. The predicted molar refractivity (Wildman–Crippen MR) is 82.0 cm³/mol. The van der Waals surface area contributed by atoms with Crippen molar-refractivity contribution in [2.24, 2.45) is 0 Å². The molecule has 0 bridgehead atoms. The maximum absolute atomic E-state index is 12.8. The number of hydrogen-bond donors (Lipinski definition) is 0. The first-order valence-corrected chi connectivity index (χ1v) is 7.39. The summed E-state index contributed by atoms with van der Waals surface area (Å²) in [6, 6.07) is 4.44. The molecule has 136 valence electrons. The number of rotatable bonds is 7. The summed E-state index contributed by atoms with van der Waals surface area (Å²) < 4.78 is 56.7. The minimum absolute atomic E-state index is 0.0548. The van der Waals surface area contributed by atoms with Crippen molar-refractivity contribution in [1.29, 1.82) is 0 Å². The lowest BCUT2D eigenvalue weighted by Gasteiger charge is -2.16. The normalized spacial score (nSPS) is 13.1. The number of hydrogen-bond acceptors (Lipinski definition) is 3. The third-order valence-corrected chi connectivity index (χ3v) is 3.73. The molecule has 25 heavy (non-hydrogen) atoms. The molecule has 0 amide bonds. The Morgan fingerprint density at radius 1 is 1.24 bits per heavy atom. The van der Waals surface area contributed by atoms with Crippen molar-refractivity contribution < 1.29 is 27.1 Å². The fourth-order valence-electron chi connectivity index (χ4n) is 1.94. The summed E-state index contributed by atoms with van der Waals surface area (Å²) in [7, 11) is 0. The van der Waals surface area contributed by atoms with E-state index in [4.69, 9.17) is 11.6 Å². The molecule has 1 aromatic carbocycles. The van der Waals surface area contributed by atoms with E-state index in [1.54, 1.807) is 0 Å². The first-order chi connectivity index (χ1) is 11.6. The van der Waals surface area contributed by atoms with Crippen molar-refractivity contribution in [3.05, 3.63) is 47.1 Å². The number of ether oxygens (including phenoxy) is 1. The van der Waals surface area contributed by atoms with Gasteiger partial charge in [0.15, 0.2) is 6.61 Å². The van der Waals surface area contributed by atoms with Crippen LogP contribution in [0.15, 0.2) is 41.5 Å². The Labute approximate surface area is 144 Å². The second-order valence-electron chi connectivity index (χ2n) is 5.18. The molecule has 0 aliphatic heterocycles. The van der Waals surface area contributed by atoms with E-state index in [2.05, 4.69) is 4.74 Å². The zero-order valence-electron chi connectivity index (χ0n) is 12.8. The van der Waals surface area contributed by atoms with Crippen molar-refractivity contribution in [1.82, 2.24) is 9.13 Å². The Balaban J connectivity index is 2.16. The van der Waals surface area contributed by atoms with Crippen LogP contribution in [-0.4, -0.2) is 33.3 Å². The summed E-state index contributed by atoms with van der Waals surface area (Å²) in [5.41, 5.74) is -0.162. The number of carbonyl (C=O) groups excluding carboxylic acids is 1. The van der Waals surface area contributed by atoms with Gasteiger partial charge in [-0.05, 0) is 42.8 Å². The van der Waals surface area contributed by atoms with Crippen LogP contribution < -0.4 is 10.4 Å². The number of aromatic nitrogens is 2. The number of nitrogens with zero attached hydrogens (tertiary/aromatic N) is 2. The van der Waals surface area contributed by atoms with Crippen LogP contribution in [0.3, 0.4) is 0 Å². The van der Waals surface area contributed by atoms with Crippen LogP contribution in [0.5, 0.6) is 5.75 Å². The van der Waals surface area contributed by atoms with Gasteiger partial charge in [0.1, 0.15) is 11.8 Å². The summed E-state index contributed by atoms with van der Waals surface area (Å²) >= 11 is 5.37. The summed E-state index contributed by atoms with van der Waals surface area (Å²) in [6.07, 6.45) is -1.04. The molecule has 1 heterocycles. The molecule has 2 aromatic rings. The topological polar surface area (TPSA) is 53.2 Å². The van der Waals surface area contributed by atoms with Crippen LogP contribution in [0, 0.1) is 0 Å². The predicted octanol–water partition coefficient (Wildman–Crippen LogP) is 3.24. The lowest BCUT2D eigenvalue weighted by molar-refractivity contribution is -0.148. The van der Waals surface area contributed by atoms with Crippen LogP contribution in [0.25, 0.3) is 5.69 Å². The lowest BCUT2D eigenvalue weighted by atomic mass is 10.3. The number of imidazole rings is 1. The fraction of sp³-hybridized carbons (Fsp3) is 0.333. The van der Waals surface area contributed by atoms with E-state index in [0.29, 0.717) is 5.69 Å². The number of alkyl halides is 4. The standard InChI is InChI=1S/C15H13ClF4N2O3/c1-9(12(16)23)21-6-7-22(14(21)24)10-2-4-11(5-3-10)25-8-15(19,20)13(17)18/h2-7,9,13H,8H2,1H3/t9-/m1/s1. The van der Waals surface area contributed by atoms with Gasteiger partial charge in [0.25, 0.3) is 0 Å². The molecule has 2 rings (SSSR count). The lowest BCUT2D eigenvalue weighted by Crippen LogP contribution is -2.33. The summed E-state index contributed by atoms with van der Waals surface area (Å²) in [4.78, 5) is 23.4. The Kier molecular flexibility index (Phi) is 5.56. The second-order valence-corrected chi connectivity index (χ2v) is 5.55. The molecule has 0 N–H and O–H groups in total. The number of carbonyl (C=O) groups is 1. The molecular formula is C15H13ClF4N2O3. The van der Waals surface area contributed by atoms with Gasteiger partial charge < -0.3 is 4.74 Å². The van der Waals surface area contributed by atoms with Crippen molar-refractivity contribution in [3.8, 4) is 11.4 Å². The van der Waals surface area contributed by atoms with Gasteiger partial charge in [0.05, 0.1) is 5.69 Å². The molecule has 1 atom stereocenters. The van der Waals surface area contributed by atoms with Gasteiger partial charge >= 0.3 is 18.0 Å². The quantitative estimate of drug-likeness (QED) is 0.547. The van der Waals surface area contributed by atoms with Crippen LogP contribution in [0.4, 0.5) is 17.6 Å². The van der Waals surface area contributed by atoms with E-state index in [9.17, 15) is 27.2 Å². The molecule has 0 aliphatic carbocycles. The summed E-state index contributed by atoms with van der Waals surface area (Å²) in [5.74, 6) is -4.31. The van der Waals surface area contributed by atoms with E-state index in [1.165, 1.54) is 48.1 Å². The molecule has 0 saturated carbocycles. The van der Waals surface area contributed by atoms with Gasteiger partial charge in [0, 0.05) is 12.4 Å². The molecular weight excluding hydrogens is 368 g/mol. The third kappa shape index (κ3) is 4.22. The highest BCUT2D eigenvalue weighted by Gasteiger charge is 2.41. The third-order valence-electron chi connectivity index (χ3n) is 3.41. The molecule has 0 aliphatic rings. The van der Waals surface area contributed by atoms with E-state index >= 15 is 0 Å². The Morgan fingerprint density at radius 3 is 2.36 bits per heavy atom. The van der Waals surface area contributed by atoms with Crippen molar-refractivity contribution in [2.45, 2.75) is 25.3 Å². The average molecular weight is 381 g/mol. The molecule has 1 aromatic heterocycles. The Morgan fingerprint density at radius 2 is 1.84 bits per heavy atom. The molecule has 0 unspecified atom stereocenters. The van der Waals surface area contributed by atoms with E-state index < -0.39 is 35.9 Å². The molecule has 0 fully saturated rings. The summed E-state index contributed by atoms with van der Waals surface area (Å²) in [6.45, 7) is -0.00309. The van der Waals surface area contributed by atoms with Crippen LogP contribution in [-0.2, 0) is 4.79 Å². The van der Waals surface area contributed by atoms with Crippen LogP contribution in [0.2, 0.25) is 0 Å². The van der Waals surface area contributed by atoms with E-state index in [-0.39, 0.29) is 5.75 Å². The van der Waals surface area contributed by atoms with Crippen molar-refractivity contribution >= 4 is 16.8 Å². The van der Waals surface area contributed by atoms with Crippen molar-refractivity contribution in [3.63, 3.8) is 0 Å². The summed E-state index contributed by atoms with van der Waals surface area (Å²) in [5, 5.41) is -0.705. The zero-order chi connectivity index (χ0) is 18.8. The maximum atomic E-state index is 12.8. The second kappa shape index (κ2) is 7.30. The van der Waals surface area contributed by atoms with Gasteiger partial charge in [-0.2, -0.15) is 8.78 Å². The highest BCUT2D eigenvalue weighted by atomic mass is 35.5. The van der Waals surface area contributed by atoms with Crippen molar-refractivity contribution in [2.75, 3.05) is 6.61 Å². The Hall–Kier alpha value is -2.29. The number of benzene rings is 1. The first kappa shape index (κ1) is 19.0. The molecule has 0 spiro atoms. The van der Waals surface area contributed by atoms with Gasteiger partial charge in [0.2, 0.25) is 5.24 Å². The highest BCUT2D eigenvalue weighted by molar-refractivity contribution is 6.64. The van der Waals surface area contributed by atoms with Gasteiger partial charge in [-0.15, -0.1) is 0 Å². The van der Waals surface area contributed by atoms with Gasteiger partial charge in [-0.25, -0.2) is 13.6 Å². The average Bonchev–Trinajstić information content (AvgIpc) is 2.94. The molecule has 0 radical (unpaired) electrons. The Bertz CT molecular complexity index is 802. The molecule has 0 saturated heterocycles. The number of halogens is 5. The molecule has 10 heteroatoms. The maximum Gasteiger partial charge on any atom is 0.340 e. The van der Waals surface area contributed by atoms with E-state index in [0.717, 1.165) is 4.57 Å². The SMILES string of the molecule is C[C@H](C(=O)Cl)n1ccn(-c2ccc(OCC(F)(F)C(F)F)cc2)c1=O. The van der Waals surface area contributed by atoms with E-state index in [1.807, 2.05) is 0 Å². The van der Waals surface area contributed by atoms with Gasteiger partial charge in [-0.3, -0.25) is 13.9 Å². The minimum atomic E-state index is -4.25. The van der Waals surface area contributed by atoms with Gasteiger partial charge in [-0.1, -0.05) is 0 Å². The fourth-order valence-corrected chi connectivity index (χ4v) is 2.04. The first-order valence-electron chi connectivity index (χ1n) is 7.01. The smallest absolute Gasteiger partial charge is 0.340 e. The molecule has 5 nitrogen and oxygen atoms in total. The van der Waals surface area contributed by atoms with Crippen LogP contribution in [0.1, 0.15) is 13.0 Å². The zero-order valence-corrected chi connectivity index (χ0v) is 13.6. The largest absolute Gasteiger partial charge is 0.487 e. The highest BCUT2D eigenvalue weighted by Crippen LogP contribution is 2.24. The minimum Gasteiger partial charge on any atom is -0.487 e.